The predicted molar refractivity (Wildman–Crippen MR) is 61.7 cm³/mol. The van der Waals surface area contributed by atoms with E-state index in [1.165, 1.54) is 12.1 Å². The van der Waals surface area contributed by atoms with Gasteiger partial charge in [0, 0.05) is 13.0 Å². The van der Waals surface area contributed by atoms with Crippen molar-refractivity contribution in [2.45, 2.75) is 12.8 Å². The Morgan fingerprint density at radius 2 is 1.84 bits per heavy atom. The van der Waals surface area contributed by atoms with Gasteiger partial charge in [-0.05, 0) is 17.7 Å². The summed E-state index contributed by atoms with van der Waals surface area (Å²) in [4.78, 5) is 11.4. The Kier molecular flexibility index (Phi) is 5.78. The molecule has 0 aliphatic heterocycles. The standard InChI is InChI=1S/C12H14F3NO3/c13-12(14,15)19-11-3-1-9(2-4-11)7-10(17)8-18-6-5-16/h1-4H,5-8,16H2. The molecule has 1 rings (SSSR count). The minimum atomic E-state index is -4.71. The summed E-state index contributed by atoms with van der Waals surface area (Å²) in [5.41, 5.74) is 5.79. The first-order chi connectivity index (χ1) is 8.90. The summed E-state index contributed by atoms with van der Waals surface area (Å²) in [6.45, 7) is 0.568. The van der Waals surface area contributed by atoms with E-state index in [-0.39, 0.29) is 24.6 Å². The topological polar surface area (TPSA) is 61.5 Å². The van der Waals surface area contributed by atoms with Gasteiger partial charge in [-0.2, -0.15) is 0 Å². The molecule has 106 valence electrons. The van der Waals surface area contributed by atoms with Crippen LogP contribution in [0.25, 0.3) is 0 Å². The second-order valence-electron chi connectivity index (χ2n) is 3.75. The Morgan fingerprint density at radius 3 is 2.37 bits per heavy atom. The highest BCUT2D eigenvalue weighted by Crippen LogP contribution is 2.22. The average Bonchev–Trinajstić information content (AvgIpc) is 2.30. The van der Waals surface area contributed by atoms with E-state index in [1.54, 1.807) is 0 Å². The highest BCUT2D eigenvalue weighted by molar-refractivity contribution is 5.82. The molecule has 0 saturated heterocycles. The summed E-state index contributed by atoms with van der Waals surface area (Å²) in [5, 5.41) is 0. The molecule has 0 heterocycles. The lowest BCUT2D eigenvalue weighted by Gasteiger charge is -2.09. The molecule has 2 N–H and O–H groups in total. The second kappa shape index (κ2) is 7.10. The van der Waals surface area contributed by atoms with E-state index in [4.69, 9.17) is 10.5 Å². The molecule has 0 amide bonds. The number of carbonyl (C=O) groups is 1. The molecule has 0 unspecified atom stereocenters. The SMILES string of the molecule is NCCOCC(=O)Cc1ccc(OC(F)(F)F)cc1. The molecule has 19 heavy (non-hydrogen) atoms. The minimum absolute atomic E-state index is 0.0575. The zero-order valence-corrected chi connectivity index (χ0v) is 10.1. The van der Waals surface area contributed by atoms with Crippen LogP contribution in [0.2, 0.25) is 0 Å². The highest BCUT2D eigenvalue weighted by Gasteiger charge is 2.30. The fourth-order valence-corrected chi connectivity index (χ4v) is 1.36. The van der Waals surface area contributed by atoms with Crippen LogP contribution in [0.4, 0.5) is 13.2 Å². The van der Waals surface area contributed by atoms with Gasteiger partial charge >= 0.3 is 6.36 Å². The van der Waals surface area contributed by atoms with Crippen molar-refractivity contribution in [2.24, 2.45) is 5.73 Å². The number of carbonyl (C=O) groups excluding carboxylic acids is 1. The van der Waals surface area contributed by atoms with Crippen LogP contribution in [0.5, 0.6) is 5.75 Å². The van der Waals surface area contributed by atoms with Crippen molar-refractivity contribution < 1.29 is 27.4 Å². The van der Waals surface area contributed by atoms with Gasteiger partial charge in [-0.1, -0.05) is 12.1 Å². The third-order valence-corrected chi connectivity index (χ3v) is 2.08. The molecule has 1 aromatic rings. The molecular formula is C12H14F3NO3. The van der Waals surface area contributed by atoms with E-state index in [2.05, 4.69) is 4.74 Å². The lowest BCUT2D eigenvalue weighted by atomic mass is 10.1. The van der Waals surface area contributed by atoms with Crippen LogP contribution < -0.4 is 10.5 Å². The number of rotatable bonds is 7. The Balaban J connectivity index is 2.46. The first kappa shape index (κ1) is 15.5. The summed E-state index contributed by atoms with van der Waals surface area (Å²) < 4.78 is 44.4. The van der Waals surface area contributed by atoms with E-state index in [0.29, 0.717) is 18.7 Å². The van der Waals surface area contributed by atoms with E-state index < -0.39 is 6.36 Å². The molecule has 0 aliphatic rings. The summed E-state index contributed by atoms with van der Waals surface area (Å²) in [6.07, 6.45) is -4.62. The van der Waals surface area contributed by atoms with Crippen molar-refractivity contribution in [3.8, 4) is 5.75 Å². The molecule has 7 heteroatoms. The molecule has 0 bridgehead atoms. The normalized spacial score (nSPS) is 11.4. The van der Waals surface area contributed by atoms with Crippen LogP contribution in [0.15, 0.2) is 24.3 Å². The van der Waals surface area contributed by atoms with Crippen LogP contribution >= 0.6 is 0 Å². The van der Waals surface area contributed by atoms with Crippen molar-refractivity contribution in [3.05, 3.63) is 29.8 Å². The van der Waals surface area contributed by atoms with E-state index in [9.17, 15) is 18.0 Å². The van der Waals surface area contributed by atoms with E-state index >= 15 is 0 Å². The van der Waals surface area contributed by atoms with Gasteiger partial charge in [-0.15, -0.1) is 13.2 Å². The van der Waals surface area contributed by atoms with Crippen LogP contribution in [-0.4, -0.2) is 31.9 Å². The quantitative estimate of drug-likeness (QED) is 0.770. The lowest BCUT2D eigenvalue weighted by molar-refractivity contribution is -0.274. The second-order valence-corrected chi connectivity index (χ2v) is 3.75. The summed E-state index contributed by atoms with van der Waals surface area (Å²) in [6, 6.07) is 5.14. The molecule has 0 atom stereocenters. The van der Waals surface area contributed by atoms with Crippen LogP contribution in [0.1, 0.15) is 5.56 Å². The minimum Gasteiger partial charge on any atom is -0.406 e. The van der Waals surface area contributed by atoms with Gasteiger partial charge < -0.3 is 15.2 Å². The van der Waals surface area contributed by atoms with Gasteiger partial charge in [-0.3, -0.25) is 4.79 Å². The number of hydrogen-bond donors (Lipinski definition) is 1. The third kappa shape index (κ3) is 6.78. The number of benzene rings is 1. The molecule has 0 saturated carbocycles. The van der Waals surface area contributed by atoms with Gasteiger partial charge in [0.2, 0.25) is 0 Å². The summed E-state index contributed by atoms with van der Waals surface area (Å²) >= 11 is 0. The summed E-state index contributed by atoms with van der Waals surface area (Å²) in [7, 11) is 0. The summed E-state index contributed by atoms with van der Waals surface area (Å²) in [5.74, 6) is -0.485. The first-order valence-electron chi connectivity index (χ1n) is 5.55. The molecule has 1 aromatic carbocycles. The first-order valence-corrected chi connectivity index (χ1v) is 5.55. The van der Waals surface area contributed by atoms with Gasteiger partial charge in [-0.25, -0.2) is 0 Å². The van der Waals surface area contributed by atoms with Crippen molar-refractivity contribution in [3.63, 3.8) is 0 Å². The molecule has 0 aliphatic carbocycles. The van der Waals surface area contributed by atoms with E-state index in [1.807, 2.05) is 0 Å². The number of alkyl halides is 3. The maximum absolute atomic E-state index is 11.9. The van der Waals surface area contributed by atoms with Crippen molar-refractivity contribution in [2.75, 3.05) is 19.8 Å². The largest absolute Gasteiger partial charge is 0.573 e. The zero-order chi connectivity index (χ0) is 14.3. The molecule has 0 fully saturated rings. The Labute approximate surface area is 108 Å². The third-order valence-electron chi connectivity index (χ3n) is 2.08. The number of halogens is 3. The average molecular weight is 277 g/mol. The number of hydrogen-bond acceptors (Lipinski definition) is 4. The van der Waals surface area contributed by atoms with Crippen molar-refractivity contribution in [1.29, 1.82) is 0 Å². The van der Waals surface area contributed by atoms with Crippen LogP contribution in [0, 0.1) is 0 Å². The number of ketones is 1. The molecule has 0 aromatic heterocycles. The van der Waals surface area contributed by atoms with Gasteiger partial charge in [0.25, 0.3) is 0 Å². The highest BCUT2D eigenvalue weighted by atomic mass is 19.4. The van der Waals surface area contributed by atoms with Crippen molar-refractivity contribution in [1.82, 2.24) is 0 Å². The fraction of sp³-hybridized carbons (Fsp3) is 0.417. The van der Waals surface area contributed by atoms with Crippen LogP contribution in [0.3, 0.4) is 0 Å². The number of nitrogens with two attached hydrogens (primary N) is 1. The maximum Gasteiger partial charge on any atom is 0.573 e. The molecule has 4 nitrogen and oxygen atoms in total. The van der Waals surface area contributed by atoms with Crippen molar-refractivity contribution >= 4 is 5.78 Å². The van der Waals surface area contributed by atoms with Gasteiger partial charge in [0.1, 0.15) is 12.4 Å². The molecule has 0 radical (unpaired) electrons. The smallest absolute Gasteiger partial charge is 0.406 e. The molecular weight excluding hydrogens is 263 g/mol. The fourth-order valence-electron chi connectivity index (χ4n) is 1.36. The zero-order valence-electron chi connectivity index (χ0n) is 10.1. The maximum atomic E-state index is 11.9. The Hall–Kier alpha value is -1.60. The van der Waals surface area contributed by atoms with Gasteiger partial charge in [0.15, 0.2) is 5.78 Å². The van der Waals surface area contributed by atoms with Crippen LogP contribution in [-0.2, 0) is 16.0 Å². The van der Waals surface area contributed by atoms with E-state index in [0.717, 1.165) is 12.1 Å². The Morgan fingerprint density at radius 1 is 1.21 bits per heavy atom. The lowest BCUT2D eigenvalue weighted by Crippen LogP contribution is -2.17. The van der Waals surface area contributed by atoms with Gasteiger partial charge in [0.05, 0.1) is 6.61 Å². The monoisotopic (exact) mass is 277 g/mol. The number of ether oxygens (including phenoxy) is 2. The predicted octanol–water partition coefficient (Wildman–Crippen LogP) is 1.67. The molecule has 0 spiro atoms. The Bertz CT molecular complexity index is 404. The number of Topliss-reactive ketones (excluding diaryl/α,β-unsaturated/α-hetero) is 1.